The van der Waals surface area contributed by atoms with Gasteiger partial charge in [0.15, 0.2) is 0 Å². The van der Waals surface area contributed by atoms with E-state index in [1.54, 1.807) is 0 Å². The van der Waals surface area contributed by atoms with E-state index in [9.17, 15) is 19.2 Å². The van der Waals surface area contributed by atoms with Crippen LogP contribution in [0.15, 0.2) is 0 Å². The molecule has 0 spiro atoms. The molecular formula is C19H30N6O7. The van der Waals surface area contributed by atoms with Crippen LogP contribution in [0.3, 0.4) is 0 Å². The number of ether oxygens (including phenoxy) is 3. The van der Waals surface area contributed by atoms with Gasteiger partial charge in [0.1, 0.15) is 18.3 Å². The molecule has 6 atom stereocenters. The maximum Gasteiger partial charge on any atom is 0.249 e. The first kappa shape index (κ1) is 23.9. The smallest absolute Gasteiger partial charge is 0.249 e. The van der Waals surface area contributed by atoms with E-state index in [0.29, 0.717) is 25.7 Å². The van der Waals surface area contributed by atoms with Crippen molar-refractivity contribution in [3.05, 3.63) is 0 Å². The molecule has 0 saturated carbocycles. The van der Waals surface area contributed by atoms with Crippen molar-refractivity contribution >= 4 is 30.0 Å². The molecule has 3 heterocycles. The third-order valence-electron chi connectivity index (χ3n) is 5.56. The molecule has 7 N–H and O–H groups in total. The summed E-state index contributed by atoms with van der Waals surface area (Å²) < 4.78 is 16.4. The first-order valence-corrected chi connectivity index (χ1v) is 10.6. The highest BCUT2D eigenvalue weighted by Gasteiger charge is 2.38. The number of nitrogens with one attached hydrogen (secondary N) is 5. The summed E-state index contributed by atoms with van der Waals surface area (Å²) in [7, 11) is 0. The van der Waals surface area contributed by atoms with Gasteiger partial charge in [0, 0.05) is 32.2 Å². The topological polar surface area (TPSA) is 194 Å². The van der Waals surface area contributed by atoms with E-state index >= 15 is 0 Å². The van der Waals surface area contributed by atoms with Crippen LogP contribution in [0.25, 0.3) is 0 Å². The lowest BCUT2D eigenvalue weighted by atomic mass is 10.1. The third kappa shape index (κ3) is 6.61. The molecular weight excluding hydrogens is 424 g/mol. The lowest BCUT2D eigenvalue weighted by molar-refractivity contribution is -0.131. The molecule has 13 nitrogen and oxygen atoms in total. The maximum atomic E-state index is 12.5. The summed E-state index contributed by atoms with van der Waals surface area (Å²) >= 11 is 0. The number of amides is 4. The van der Waals surface area contributed by atoms with Crippen molar-refractivity contribution in [1.82, 2.24) is 21.3 Å². The normalized spacial score (nSPS) is 31.6. The van der Waals surface area contributed by atoms with E-state index in [-0.39, 0.29) is 74.5 Å². The zero-order chi connectivity index (χ0) is 23.1. The van der Waals surface area contributed by atoms with Gasteiger partial charge in [0.2, 0.25) is 24.1 Å². The highest BCUT2D eigenvalue weighted by Crippen LogP contribution is 2.19. The standard InChI is InChI=1S/C19H30N6O7/c20-16(21)1-2-22-17(27)13-4-11(7-31-13)24-19(29)15-5-12(8-32-15)25-18(28)14-3-10(6-30-14)23-9-26/h9-15H,1-8H2,(H3,20,21)(H,22,27)(H,23,26)(H,24,29)(H,25,28)/t10-,11-,12-,13+,14+,15+/m0/s1. The Labute approximate surface area is 185 Å². The molecule has 0 aromatic rings. The molecule has 3 fully saturated rings. The Morgan fingerprint density at radius 1 is 0.844 bits per heavy atom. The maximum absolute atomic E-state index is 12.5. The highest BCUT2D eigenvalue weighted by atomic mass is 16.5. The fraction of sp³-hybridized carbons (Fsp3) is 0.737. The largest absolute Gasteiger partial charge is 0.388 e. The molecule has 0 aromatic carbocycles. The Kier molecular flexibility index (Phi) is 8.36. The Bertz CT molecular complexity index is 735. The summed E-state index contributed by atoms with van der Waals surface area (Å²) in [4.78, 5) is 47.4. The lowest BCUT2D eigenvalue weighted by Gasteiger charge is -2.16. The van der Waals surface area contributed by atoms with E-state index in [0.717, 1.165) is 0 Å². The predicted molar refractivity (Wildman–Crippen MR) is 109 cm³/mol. The van der Waals surface area contributed by atoms with Gasteiger partial charge in [0.05, 0.1) is 43.8 Å². The number of hydrogen-bond donors (Lipinski definition) is 6. The Balaban J connectivity index is 1.35. The van der Waals surface area contributed by atoms with Crippen LogP contribution in [0.4, 0.5) is 0 Å². The van der Waals surface area contributed by atoms with Crippen molar-refractivity contribution < 1.29 is 33.4 Å². The minimum atomic E-state index is -0.710. The number of rotatable bonds is 10. The van der Waals surface area contributed by atoms with Gasteiger partial charge >= 0.3 is 0 Å². The van der Waals surface area contributed by atoms with Crippen molar-refractivity contribution in [3.8, 4) is 0 Å². The van der Waals surface area contributed by atoms with E-state index in [2.05, 4.69) is 21.3 Å². The summed E-state index contributed by atoms with van der Waals surface area (Å²) in [6, 6.07) is -0.827. The predicted octanol–water partition coefficient (Wildman–Crippen LogP) is -3.12. The molecule has 3 saturated heterocycles. The van der Waals surface area contributed by atoms with Crippen LogP contribution in [-0.4, -0.2) is 92.8 Å². The quantitative estimate of drug-likeness (QED) is 0.113. The van der Waals surface area contributed by atoms with Crippen molar-refractivity contribution in [2.24, 2.45) is 5.73 Å². The molecule has 3 aliphatic heterocycles. The first-order valence-electron chi connectivity index (χ1n) is 10.6. The van der Waals surface area contributed by atoms with E-state index in [1.807, 2.05) is 0 Å². The van der Waals surface area contributed by atoms with Crippen LogP contribution in [0.5, 0.6) is 0 Å². The van der Waals surface area contributed by atoms with E-state index in [4.69, 9.17) is 25.4 Å². The molecule has 0 unspecified atom stereocenters. The van der Waals surface area contributed by atoms with Crippen molar-refractivity contribution in [2.75, 3.05) is 26.4 Å². The summed E-state index contributed by atoms with van der Waals surface area (Å²) in [6.45, 7) is 0.948. The van der Waals surface area contributed by atoms with Crippen LogP contribution in [0.1, 0.15) is 25.7 Å². The molecule has 32 heavy (non-hydrogen) atoms. The molecule has 0 aliphatic carbocycles. The second-order valence-electron chi connectivity index (χ2n) is 8.13. The monoisotopic (exact) mass is 454 g/mol. The van der Waals surface area contributed by atoms with Crippen molar-refractivity contribution in [3.63, 3.8) is 0 Å². The number of hydrogen-bond acceptors (Lipinski definition) is 8. The Morgan fingerprint density at radius 2 is 1.31 bits per heavy atom. The number of carbonyl (C=O) groups is 4. The number of amidine groups is 1. The van der Waals surface area contributed by atoms with Gasteiger partial charge in [-0.3, -0.25) is 24.6 Å². The molecule has 0 radical (unpaired) electrons. The SMILES string of the molecule is N=C(N)CCNC(=O)[C@H]1C[C@H](NC(=O)[C@H]2C[C@H](NC(=O)[C@H]3C[C@H](NC=O)CO3)CO2)CO1. The Morgan fingerprint density at radius 3 is 1.81 bits per heavy atom. The van der Waals surface area contributed by atoms with E-state index in [1.165, 1.54) is 0 Å². The van der Waals surface area contributed by atoms with Crippen molar-refractivity contribution in [2.45, 2.75) is 62.1 Å². The lowest BCUT2D eigenvalue weighted by Crippen LogP contribution is -2.44. The van der Waals surface area contributed by atoms with Crippen LogP contribution in [0.2, 0.25) is 0 Å². The van der Waals surface area contributed by atoms with Crippen molar-refractivity contribution in [1.29, 1.82) is 5.41 Å². The van der Waals surface area contributed by atoms with Gasteiger partial charge in [0.25, 0.3) is 0 Å². The fourth-order valence-corrected chi connectivity index (χ4v) is 3.86. The van der Waals surface area contributed by atoms with Gasteiger partial charge in [-0.15, -0.1) is 0 Å². The number of carbonyl (C=O) groups excluding carboxylic acids is 4. The molecule has 0 bridgehead atoms. The number of nitrogens with two attached hydrogens (primary N) is 1. The first-order chi connectivity index (χ1) is 15.4. The van der Waals surface area contributed by atoms with Gasteiger partial charge in [-0.25, -0.2) is 0 Å². The molecule has 178 valence electrons. The Hall–Kier alpha value is -2.77. The van der Waals surface area contributed by atoms with E-state index < -0.39 is 18.3 Å². The minimum Gasteiger partial charge on any atom is -0.388 e. The molecule has 3 rings (SSSR count). The van der Waals surface area contributed by atoms with Gasteiger partial charge in [-0.05, 0) is 0 Å². The summed E-state index contributed by atoms with van der Waals surface area (Å²) in [5.74, 6) is -0.927. The zero-order valence-corrected chi connectivity index (χ0v) is 17.6. The highest BCUT2D eigenvalue weighted by molar-refractivity contribution is 5.84. The average molecular weight is 454 g/mol. The zero-order valence-electron chi connectivity index (χ0n) is 17.6. The van der Waals surface area contributed by atoms with Gasteiger partial charge in [-0.2, -0.15) is 0 Å². The van der Waals surface area contributed by atoms with Crippen LogP contribution >= 0.6 is 0 Å². The van der Waals surface area contributed by atoms with Crippen LogP contribution in [-0.2, 0) is 33.4 Å². The molecule has 3 aliphatic rings. The van der Waals surface area contributed by atoms with Gasteiger partial charge < -0.3 is 41.2 Å². The second kappa shape index (κ2) is 11.2. The molecule has 13 heteroatoms. The van der Waals surface area contributed by atoms with Gasteiger partial charge in [-0.1, -0.05) is 0 Å². The average Bonchev–Trinajstić information content (AvgIpc) is 3.49. The summed E-state index contributed by atoms with van der Waals surface area (Å²) in [5, 5.41) is 18.0. The summed E-state index contributed by atoms with van der Waals surface area (Å²) in [6.07, 6.45) is -0.130. The molecule has 0 aromatic heterocycles. The second-order valence-corrected chi connectivity index (χ2v) is 8.13. The molecule has 4 amide bonds. The van der Waals surface area contributed by atoms with Crippen LogP contribution in [0, 0.1) is 5.41 Å². The fourth-order valence-electron chi connectivity index (χ4n) is 3.86. The summed E-state index contributed by atoms with van der Waals surface area (Å²) in [5.41, 5.74) is 5.25. The van der Waals surface area contributed by atoms with Crippen LogP contribution < -0.4 is 27.0 Å². The third-order valence-corrected chi connectivity index (χ3v) is 5.56. The minimum absolute atomic E-state index is 0.0105.